The number of carboxylic acid groups (broad SMARTS) is 1. The van der Waals surface area contributed by atoms with E-state index >= 15 is 0 Å². The monoisotopic (exact) mass is 180 g/mol. The molecule has 2 atom stereocenters. The largest absolute Gasteiger partial charge is 0.478 e. The maximum absolute atomic E-state index is 11.0. The summed E-state index contributed by atoms with van der Waals surface area (Å²) in [4.78, 5) is 11.0. The zero-order valence-electron chi connectivity index (χ0n) is 8.42. The zero-order valence-corrected chi connectivity index (χ0v) is 8.42. The van der Waals surface area contributed by atoms with Crippen LogP contribution in [0, 0.1) is 16.7 Å². The minimum atomic E-state index is -0.724. The predicted octanol–water partition coefficient (Wildman–Crippen LogP) is 2.45. The number of hydrogen-bond acceptors (Lipinski definition) is 1. The van der Waals surface area contributed by atoms with Crippen molar-refractivity contribution in [3.8, 4) is 0 Å². The highest BCUT2D eigenvalue weighted by molar-refractivity contribution is 5.89. The summed E-state index contributed by atoms with van der Waals surface area (Å²) in [6, 6.07) is 0. The molecular weight excluding hydrogens is 164 g/mol. The van der Waals surface area contributed by atoms with E-state index in [4.69, 9.17) is 5.11 Å². The molecule has 0 aliphatic heterocycles. The van der Waals surface area contributed by atoms with Crippen molar-refractivity contribution in [2.24, 2.45) is 16.7 Å². The summed E-state index contributed by atoms with van der Waals surface area (Å²) >= 11 is 0. The Bertz CT molecular complexity index is 301. The first-order valence-electron chi connectivity index (χ1n) is 4.85. The highest BCUT2D eigenvalue weighted by atomic mass is 16.4. The smallest absolute Gasteiger partial charge is 0.331 e. The van der Waals surface area contributed by atoms with Gasteiger partial charge < -0.3 is 5.11 Å². The van der Waals surface area contributed by atoms with Crippen molar-refractivity contribution in [3.05, 3.63) is 11.6 Å². The van der Waals surface area contributed by atoms with Gasteiger partial charge in [-0.2, -0.15) is 0 Å². The van der Waals surface area contributed by atoms with Crippen LogP contribution in [0.15, 0.2) is 11.6 Å². The summed E-state index contributed by atoms with van der Waals surface area (Å²) in [5.41, 5.74) is 0.693. The first kappa shape index (κ1) is 8.79. The van der Waals surface area contributed by atoms with E-state index in [0.717, 1.165) is 12.8 Å². The third-order valence-corrected chi connectivity index (χ3v) is 4.50. The third kappa shape index (κ3) is 0.812. The molecule has 72 valence electrons. The summed E-state index contributed by atoms with van der Waals surface area (Å²) in [6.45, 7) is 6.48. The second-order valence-corrected chi connectivity index (χ2v) is 5.08. The topological polar surface area (TPSA) is 37.3 Å². The second-order valence-electron chi connectivity index (χ2n) is 5.08. The van der Waals surface area contributed by atoms with Gasteiger partial charge in [-0.3, -0.25) is 0 Å². The van der Waals surface area contributed by atoms with Crippen LogP contribution >= 0.6 is 0 Å². The molecule has 0 amide bonds. The van der Waals surface area contributed by atoms with E-state index in [0.29, 0.717) is 11.5 Å². The van der Waals surface area contributed by atoms with Gasteiger partial charge in [-0.05, 0) is 24.2 Å². The summed E-state index contributed by atoms with van der Waals surface area (Å²) in [5, 5.41) is 9.06. The summed E-state index contributed by atoms with van der Waals surface area (Å²) in [7, 11) is 0. The maximum Gasteiger partial charge on any atom is 0.331 e. The van der Waals surface area contributed by atoms with Crippen LogP contribution in [0.3, 0.4) is 0 Å². The molecule has 0 saturated heterocycles. The lowest BCUT2D eigenvalue weighted by Crippen LogP contribution is -2.32. The molecule has 0 spiro atoms. The fourth-order valence-corrected chi connectivity index (χ4v) is 3.00. The molecule has 2 nitrogen and oxygen atoms in total. The minimum absolute atomic E-state index is 0.0938. The van der Waals surface area contributed by atoms with Crippen molar-refractivity contribution in [2.75, 3.05) is 0 Å². The van der Waals surface area contributed by atoms with Crippen LogP contribution in [-0.2, 0) is 4.79 Å². The van der Waals surface area contributed by atoms with E-state index in [1.165, 1.54) is 0 Å². The quantitative estimate of drug-likeness (QED) is 0.673. The molecule has 1 saturated carbocycles. The van der Waals surface area contributed by atoms with Gasteiger partial charge in [-0.1, -0.05) is 26.8 Å². The van der Waals surface area contributed by atoms with Crippen LogP contribution in [0.5, 0.6) is 0 Å². The van der Waals surface area contributed by atoms with Gasteiger partial charge in [0, 0.05) is 11.0 Å². The third-order valence-electron chi connectivity index (χ3n) is 4.50. The normalized spacial score (nSPS) is 40.5. The van der Waals surface area contributed by atoms with Crippen molar-refractivity contribution < 1.29 is 9.90 Å². The number of allylic oxidation sites excluding steroid dienone is 1. The standard InChI is InChI=1S/C11H16O2/c1-10(2)7-4-5-11(10,3)8(6-7)9(12)13/h6-7H,4-5H2,1-3H3,(H,12,13)/t7-,11+/m0/s1. The van der Waals surface area contributed by atoms with E-state index < -0.39 is 5.97 Å². The molecule has 0 aromatic rings. The van der Waals surface area contributed by atoms with Crippen molar-refractivity contribution >= 4 is 5.97 Å². The fraction of sp³-hybridized carbons (Fsp3) is 0.727. The van der Waals surface area contributed by atoms with Gasteiger partial charge in [-0.15, -0.1) is 0 Å². The van der Waals surface area contributed by atoms with Gasteiger partial charge >= 0.3 is 5.97 Å². The van der Waals surface area contributed by atoms with Gasteiger partial charge in [0.2, 0.25) is 0 Å². The van der Waals surface area contributed by atoms with E-state index in [1.54, 1.807) is 0 Å². The van der Waals surface area contributed by atoms with Gasteiger partial charge in [-0.25, -0.2) is 4.79 Å². The highest BCUT2D eigenvalue weighted by Crippen LogP contribution is 2.64. The summed E-state index contributed by atoms with van der Waals surface area (Å²) in [5.74, 6) is -0.249. The number of hydrogen-bond donors (Lipinski definition) is 1. The molecule has 1 fully saturated rings. The van der Waals surface area contributed by atoms with E-state index in [9.17, 15) is 4.79 Å². The minimum Gasteiger partial charge on any atom is -0.478 e. The molecule has 2 bridgehead atoms. The lowest BCUT2D eigenvalue weighted by atomic mass is 9.67. The fourth-order valence-electron chi connectivity index (χ4n) is 3.00. The molecule has 13 heavy (non-hydrogen) atoms. The van der Waals surface area contributed by atoms with Crippen LogP contribution in [0.4, 0.5) is 0 Å². The Hall–Kier alpha value is -0.790. The van der Waals surface area contributed by atoms with Gasteiger partial charge in [0.15, 0.2) is 0 Å². The molecule has 2 heteroatoms. The predicted molar refractivity (Wildman–Crippen MR) is 50.3 cm³/mol. The Labute approximate surface area is 78.6 Å². The van der Waals surface area contributed by atoms with Crippen LogP contribution in [0.2, 0.25) is 0 Å². The van der Waals surface area contributed by atoms with Gasteiger partial charge in [0.25, 0.3) is 0 Å². The van der Waals surface area contributed by atoms with Crippen molar-refractivity contribution in [1.29, 1.82) is 0 Å². The number of fused-ring (bicyclic) bond motifs is 2. The maximum atomic E-state index is 11.0. The number of aliphatic carboxylic acids is 1. The average molecular weight is 180 g/mol. The van der Waals surface area contributed by atoms with E-state index in [2.05, 4.69) is 20.8 Å². The highest BCUT2D eigenvalue weighted by Gasteiger charge is 2.58. The Morgan fingerprint density at radius 2 is 2.15 bits per heavy atom. The Kier molecular flexibility index (Phi) is 1.47. The molecule has 2 aliphatic rings. The first-order chi connectivity index (χ1) is 5.89. The van der Waals surface area contributed by atoms with Crippen LogP contribution in [0.1, 0.15) is 33.6 Å². The SMILES string of the molecule is CC1(C)[C@@H]2C=C(C(=O)O)[C@@]1(C)CC2. The molecule has 0 unspecified atom stereocenters. The summed E-state index contributed by atoms with van der Waals surface area (Å²) < 4.78 is 0. The number of carboxylic acids is 1. The lowest BCUT2D eigenvalue weighted by molar-refractivity contribution is -0.134. The molecule has 0 heterocycles. The second kappa shape index (κ2) is 2.17. The van der Waals surface area contributed by atoms with Crippen molar-refractivity contribution in [3.63, 3.8) is 0 Å². The van der Waals surface area contributed by atoms with Crippen LogP contribution < -0.4 is 0 Å². The Morgan fingerprint density at radius 1 is 1.54 bits per heavy atom. The number of carbonyl (C=O) groups is 1. The average Bonchev–Trinajstić information content (AvgIpc) is 2.34. The molecule has 0 radical (unpaired) electrons. The molecule has 0 aromatic heterocycles. The molecule has 0 aromatic carbocycles. The Morgan fingerprint density at radius 3 is 2.38 bits per heavy atom. The number of rotatable bonds is 1. The summed E-state index contributed by atoms with van der Waals surface area (Å²) in [6.07, 6.45) is 4.16. The lowest BCUT2D eigenvalue weighted by Gasteiger charge is -2.36. The van der Waals surface area contributed by atoms with Crippen LogP contribution in [-0.4, -0.2) is 11.1 Å². The molecule has 2 aliphatic carbocycles. The molecule has 2 rings (SSSR count). The van der Waals surface area contributed by atoms with Crippen LogP contribution in [0.25, 0.3) is 0 Å². The van der Waals surface area contributed by atoms with Crippen molar-refractivity contribution in [1.82, 2.24) is 0 Å². The molecule has 1 N–H and O–H groups in total. The van der Waals surface area contributed by atoms with Gasteiger partial charge in [0.1, 0.15) is 0 Å². The van der Waals surface area contributed by atoms with Crippen molar-refractivity contribution in [2.45, 2.75) is 33.6 Å². The van der Waals surface area contributed by atoms with E-state index in [1.807, 2.05) is 6.08 Å². The van der Waals surface area contributed by atoms with Gasteiger partial charge in [0.05, 0.1) is 0 Å². The first-order valence-corrected chi connectivity index (χ1v) is 4.85. The zero-order chi connectivity index (χ0) is 9.85. The Balaban J connectivity index is 2.49. The van der Waals surface area contributed by atoms with E-state index in [-0.39, 0.29) is 10.8 Å². The molecular formula is C11H16O2.